The molecule has 4 aromatic rings. The third-order valence-electron chi connectivity index (χ3n) is 14.2. The largest absolute Gasteiger partial charge is 0.493 e. The third-order valence-corrected chi connectivity index (χ3v) is 14.2. The average Bonchev–Trinajstić information content (AvgIpc) is 3.26. The Bertz CT molecular complexity index is 2380. The van der Waals surface area contributed by atoms with E-state index < -0.39 is 36.0 Å². The summed E-state index contributed by atoms with van der Waals surface area (Å²) in [6.07, 6.45) is 6.15. The number of carboxylic acid groups (broad SMARTS) is 2. The van der Waals surface area contributed by atoms with E-state index in [1.165, 1.54) is 14.0 Å². The SMILES string of the molecule is CCCCC(C(=O)O)[N+]1(C)CCc2cc(OC)c3cc2C1Cc1ccc(cc1)Oc1cc(ccc1OC)CC1c2c(cc(OC)c(OC(C)=O)c2O3)CC[N+]1(C)C(CCCC)C(=O)O. The van der Waals surface area contributed by atoms with Crippen molar-refractivity contribution >= 4 is 17.9 Å². The van der Waals surface area contributed by atoms with Crippen LogP contribution in [0.2, 0.25) is 0 Å². The number of benzene rings is 4. The number of aliphatic carboxylic acids is 2. The van der Waals surface area contributed by atoms with Gasteiger partial charge in [0.25, 0.3) is 0 Å². The van der Waals surface area contributed by atoms with Crippen LogP contribution in [-0.2, 0) is 40.1 Å². The Morgan fingerprint density at radius 3 is 1.81 bits per heavy atom. The van der Waals surface area contributed by atoms with Gasteiger partial charge in [0.1, 0.15) is 17.8 Å². The number of nitrogens with zero attached hydrogens (tertiary/aromatic N) is 2. The molecule has 13 nitrogen and oxygen atoms in total. The van der Waals surface area contributed by atoms with E-state index in [4.69, 9.17) is 28.4 Å². The minimum absolute atomic E-state index is 0.0720. The minimum atomic E-state index is -0.889. The zero-order chi connectivity index (χ0) is 45.9. The van der Waals surface area contributed by atoms with E-state index in [-0.39, 0.29) is 26.5 Å². The van der Waals surface area contributed by atoms with Gasteiger partial charge in [-0.1, -0.05) is 44.9 Å². The molecule has 4 aliphatic heterocycles. The maximum atomic E-state index is 13.5. The Kier molecular flexibility index (Phi) is 13.8. The topological polar surface area (TPSA) is 147 Å². The first-order valence-electron chi connectivity index (χ1n) is 22.6. The number of rotatable bonds is 14. The summed E-state index contributed by atoms with van der Waals surface area (Å²) in [6.45, 7) is 6.55. The monoisotopic (exact) mass is 880 g/mol. The third kappa shape index (κ3) is 8.84. The van der Waals surface area contributed by atoms with Gasteiger partial charge in [-0.15, -0.1) is 0 Å². The summed E-state index contributed by atoms with van der Waals surface area (Å²) in [7, 11) is 8.76. The molecule has 0 fully saturated rings. The minimum Gasteiger partial charge on any atom is -0.493 e. The van der Waals surface area contributed by atoms with Crippen LogP contribution in [0, 0.1) is 0 Å². The van der Waals surface area contributed by atoms with Crippen LogP contribution in [0.25, 0.3) is 0 Å². The number of carbonyl (C=O) groups is 3. The number of methoxy groups -OCH3 is 3. The second-order valence-electron chi connectivity index (χ2n) is 18.0. The molecule has 13 heteroatoms. The van der Waals surface area contributed by atoms with Gasteiger partial charge in [-0.05, 0) is 77.6 Å². The number of carbonyl (C=O) groups excluding carboxylic acids is 1. The van der Waals surface area contributed by atoms with Crippen LogP contribution in [-0.4, -0.2) is 97.7 Å². The number of hydrogen-bond donors (Lipinski definition) is 2. The molecule has 6 atom stereocenters. The van der Waals surface area contributed by atoms with Gasteiger partial charge in [0, 0.05) is 51.0 Å². The predicted molar refractivity (Wildman–Crippen MR) is 241 cm³/mol. The molecule has 6 bridgehead atoms. The van der Waals surface area contributed by atoms with Gasteiger partial charge in [0.2, 0.25) is 5.75 Å². The zero-order valence-corrected chi connectivity index (χ0v) is 38.5. The Morgan fingerprint density at radius 2 is 1.23 bits per heavy atom. The number of esters is 1. The van der Waals surface area contributed by atoms with Crippen molar-refractivity contribution in [2.45, 2.75) is 109 Å². The standard InChI is InChI=1S/C51H62N2O11/c1-9-11-13-38(50(55)56)52(4)23-21-34-28-43(60-7)45-30-37(34)40(52)25-32-15-18-36(19-16-32)63-44-27-33(17-20-42(44)59-6)26-41-47-35(22-24-53(41,5)39(51(57)58)14-12-10-2)29-46(61-8)48(49(47)64-45)62-31(3)54/h15-20,27-30,38-41H,9-14,21-26H2,1-8H3/p+2. The fraction of sp³-hybridized carbons (Fsp3) is 0.471. The number of hydrogen-bond acceptors (Lipinski definition) is 9. The van der Waals surface area contributed by atoms with Crippen LogP contribution < -0.4 is 28.4 Å². The van der Waals surface area contributed by atoms with E-state index >= 15 is 0 Å². The van der Waals surface area contributed by atoms with Gasteiger partial charge in [-0.25, -0.2) is 9.59 Å². The maximum Gasteiger partial charge on any atom is 0.362 e. The number of fused-ring (bicyclic) bond motifs is 2. The Labute approximate surface area is 376 Å². The molecule has 8 rings (SSSR count). The lowest BCUT2D eigenvalue weighted by Crippen LogP contribution is -2.61. The molecule has 2 N–H and O–H groups in total. The van der Waals surface area contributed by atoms with Gasteiger partial charge in [-0.2, -0.15) is 0 Å². The lowest BCUT2D eigenvalue weighted by Gasteiger charge is -2.49. The average molecular weight is 881 g/mol. The quantitative estimate of drug-likeness (QED) is 0.0710. The fourth-order valence-corrected chi connectivity index (χ4v) is 10.6. The number of quaternary nitrogens is 2. The molecule has 4 aliphatic rings. The van der Waals surface area contributed by atoms with E-state index in [1.807, 2.05) is 67.7 Å². The van der Waals surface area contributed by atoms with Crippen LogP contribution in [0.5, 0.6) is 46.0 Å². The van der Waals surface area contributed by atoms with Gasteiger partial charge < -0.3 is 47.6 Å². The summed E-state index contributed by atoms with van der Waals surface area (Å²) >= 11 is 0. The summed E-state index contributed by atoms with van der Waals surface area (Å²) in [6, 6.07) is 17.2. The molecular weight excluding hydrogens is 817 g/mol. The van der Waals surface area contributed by atoms with Gasteiger partial charge in [0.15, 0.2) is 46.6 Å². The molecule has 0 saturated carbocycles. The van der Waals surface area contributed by atoms with Crippen molar-refractivity contribution in [3.63, 3.8) is 0 Å². The van der Waals surface area contributed by atoms with Crippen LogP contribution in [0.1, 0.15) is 105 Å². The lowest BCUT2D eigenvalue weighted by atomic mass is 9.83. The van der Waals surface area contributed by atoms with Gasteiger partial charge in [0.05, 0.1) is 54.1 Å². The fourth-order valence-electron chi connectivity index (χ4n) is 10.6. The molecule has 0 radical (unpaired) electrons. The molecule has 0 amide bonds. The summed E-state index contributed by atoms with van der Waals surface area (Å²) in [5.74, 6) is 0.708. The molecule has 342 valence electrons. The summed E-state index contributed by atoms with van der Waals surface area (Å²) in [5.41, 5.74) is 5.41. The predicted octanol–water partition coefficient (Wildman–Crippen LogP) is 9.40. The smallest absolute Gasteiger partial charge is 0.362 e. The first-order chi connectivity index (χ1) is 30.7. The highest BCUT2D eigenvalue weighted by Gasteiger charge is 2.51. The second kappa shape index (κ2) is 19.1. The number of likely N-dealkylation sites (N-methyl/N-ethyl adjacent to an activating group) is 2. The lowest BCUT2D eigenvalue weighted by molar-refractivity contribution is -0.956. The Hall–Kier alpha value is -5.79. The van der Waals surface area contributed by atoms with E-state index in [2.05, 4.69) is 20.9 Å². The van der Waals surface area contributed by atoms with Gasteiger partial charge >= 0.3 is 17.9 Å². The van der Waals surface area contributed by atoms with Crippen LogP contribution >= 0.6 is 0 Å². The molecule has 4 aromatic carbocycles. The van der Waals surface area contributed by atoms with Crippen LogP contribution in [0.3, 0.4) is 0 Å². The second-order valence-corrected chi connectivity index (χ2v) is 18.0. The van der Waals surface area contributed by atoms with Crippen molar-refractivity contribution in [3.05, 3.63) is 94.0 Å². The summed E-state index contributed by atoms with van der Waals surface area (Å²) < 4.78 is 38.1. The van der Waals surface area contributed by atoms with E-state index in [9.17, 15) is 24.6 Å². The van der Waals surface area contributed by atoms with E-state index in [0.29, 0.717) is 91.7 Å². The molecular formula is C51H64N2O11+2. The first-order valence-corrected chi connectivity index (χ1v) is 22.6. The van der Waals surface area contributed by atoms with Crippen molar-refractivity contribution in [3.8, 4) is 46.0 Å². The highest BCUT2D eigenvalue weighted by Crippen LogP contribution is 2.55. The highest BCUT2D eigenvalue weighted by atomic mass is 16.6. The van der Waals surface area contributed by atoms with Gasteiger partial charge in [-0.3, -0.25) is 4.79 Å². The molecule has 0 spiro atoms. The number of carboxylic acids is 2. The molecule has 4 heterocycles. The Balaban J connectivity index is 1.56. The number of unbranched alkanes of at least 4 members (excludes halogenated alkanes) is 2. The van der Waals surface area contributed by atoms with Crippen LogP contribution in [0.4, 0.5) is 0 Å². The van der Waals surface area contributed by atoms with Crippen molar-refractivity contribution in [2.24, 2.45) is 0 Å². The summed E-state index contributed by atoms with van der Waals surface area (Å²) in [5, 5.41) is 21.9. The summed E-state index contributed by atoms with van der Waals surface area (Å²) in [4.78, 5) is 39.8. The molecule has 0 aromatic heterocycles. The highest BCUT2D eigenvalue weighted by molar-refractivity contribution is 5.75. The zero-order valence-electron chi connectivity index (χ0n) is 38.5. The maximum absolute atomic E-state index is 13.5. The molecule has 0 aliphatic carbocycles. The van der Waals surface area contributed by atoms with Crippen molar-refractivity contribution in [1.82, 2.24) is 0 Å². The first kappa shape index (κ1) is 46.2. The molecule has 0 saturated heterocycles. The molecule has 64 heavy (non-hydrogen) atoms. The van der Waals surface area contributed by atoms with E-state index in [1.54, 1.807) is 14.2 Å². The van der Waals surface area contributed by atoms with Crippen molar-refractivity contribution in [1.29, 1.82) is 0 Å². The number of ether oxygens (including phenoxy) is 6. The van der Waals surface area contributed by atoms with Crippen molar-refractivity contribution in [2.75, 3.05) is 48.5 Å². The Morgan fingerprint density at radius 1 is 0.688 bits per heavy atom. The van der Waals surface area contributed by atoms with E-state index in [0.717, 1.165) is 53.5 Å². The van der Waals surface area contributed by atoms with Crippen LogP contribution in [0.15, 0.2) is 60.7 Å². The molecule has 6 unspecified atom stereocenters. The van der Waals surface area contributed by atoms with Crippen molar-refractivity contribution < 1.29 is 62.0 Å². The normalized spacial score (nSPS) is 22.0.